The Balaban J connectivity index is 0.000000442. The maximum atomic E-state index is 13.8. The minimum Gasteiger partial charge on any atom is -0.356 e. The lowest BCUT2D eigenvalue weighted by molar-refractivity contribution is -0.139. The van der Waals surface area contributed by atoms with Gasteiger partial charge in [0.1, 0.15) is 29.3 Å². The van der Waals surface area contributed by atoms with Crippen LogP contribution in [0.4, 0.5) is 8.78 Å². The predicted octanol–water partition coefficient (Wildman–Crippen LogP) is 5.29. The van der Waals surface area contributed by atoms with Crippen LogP contribution in [-0.4, -0.2) is 58.4 Å². The number of carbonyl (C=O) groups is 1. The summed E-state index contributed by atoms with van der Waals surface area (Å²) in [5.74, 6) is 0.418. The van der Waals surface area contributed by atoms with Crippen LogP contribution in [0.5, 0.6) is 0 Å². The quantitative estimate of drug-likeness (QED) is 0.386. The highest BCUT2D eigenvalue weighted by molar-refractivity contribution is 6.08. The Bertz CT molecular complexity index is 1510. The first-order chi connectivity index (χ1) is 20.2. The number of piperidine rings is 1. The fourth-order valence-corrected chi connectivity index (χ4v) is 7.21. The molecule has 3 heterocycles. The average Bonchev–Trinajstić information content (AvgIpc) is 3.52. The molecule has 2 aliphatic heterocycles. The molecule has 0 saturated carbocycles. The first-order valence-electron chi connectivity index (χ1n) is 14.2. The molecule has 1 aromatic carbocycles. The number of amidine groups is 1. The van der Waals surface area contributed by atoms with Crippen LogP contribution in [0, 0.1) is 57.5 Å². The molecule has 6 rings (SSSR count). The minimum atomic E-state index is -0.289. The Morgan fingerprint density at radius 2 is 1.81 bits per heavy atom. The van der Waals surface area contributed by atoms with Crippen molar-refractivity contribution < 1.29 is 13.6 Å². The first kappa shape index (κ1) is 29.1. The molecular weight excluding hydrogens is 534 g/mol. The molecule has 0 spiro atoms. The highest BCUT2D eigenvalue weighted by atomic mass is 19.1. The van der Waals surface area contributed by atoms with Crippen LogP contribution in [0.1, 0.15) is 25.8 Å². The summed E-state index contributed by atoms with van der Waals surface area (Å²) in [6, 6.07) is 11.6. The number of allylic oxidation sites excluding steroid dienone is 5. The number of benzene rings is 1. The summed E-state index contributed by atoms with van der Waals surface area (Å²) in [7, 11) is 0. The minimum absolute atomic E-state index is 0.142. The van der Waals surface area contributed by atoms with Gasteiger partial charge in [0.25, 0.3) is 0 Å². The molecule has 2 fully saturated rings. The topological polar surface area (TPSA) is 108 Å². The number of amides is 1. The molecule has 5 atom stereocenters. The zero-order valence-electron chi connectivity index (χ0n) is 23.7. The lowest BCUT2D eigenvalue weighted by Crippen LogP contribution is -2.57. The van der Waals surface area contributed by atoms with E-state index in [1.165, 1.54) is 41.8 Å². The van der Waals surface area contributed by atoms with Crippen molar-refractivity contribution in [3.63, 3.8) is 0 Å². The first-order valence-corrected chi connectivity index (χ1v) is 14.2. The third-order valence-corrected chi connectivity index (χ3v) is 9.22. The van der Waals surface area contributed by atoms with Crippen LogP contribution in [0.2, 0.25) is 0 Å². The number of likely N-dealkylation sites (tertiary alicyclic amines) is 2. The normalized spacial score (nSPS) is 27.5. The molecule has 4 aliphatic rings. The van der Waals surface area contributed by atoms with E-state index in [1.807, 2.05) is 21.9 Å². The fraction of sp³-hybridized carbons (Fsp3) is 0.364. The summed E-state index contributed by atoms with van der Waals surface area (Å²) < 4.78 is 25.6. The zero-order valence-corrected chi connectivity index (χ0v) is 23.7. The van der Waals surface area contributed by atoms with Gasteiger partial charge in [-0.05, 0) is 77.3 Å². The van der Waals surface area contributed by atoms with Gasteiger partial charge < -0.3 is 9.80 Å². The molecule has 9 heteroatoms. The Labute approximate surface area is 244 Å². The number of carbonyl (C=O) groups excluding carboxylic acids is 1. The molecular formula is C33H34F2N6O. The lowest BCUT2D eigenvalue weighted by atomic mass is 9.58. The molecule has 216 valence electrons. The van der Waals surface area contributed by atoms with Crippen molar-refractivity contribution in [3.05, 3.63) is 101 Å². The Hall–Kier alpha value is -4.45. The standard InChI is InChI=1S/C28H30FN5O.C5H4FN/c1-17-14-34(27(35)19-11-12-33(15-19)26(32)10-7-22(31)13-30)16-25-18(2)23-8-9-24(23)28(17,25)20-3-5-21(29)6-4-20;6-5-2-1-3-7-4-5/h3-10,17-19,25,31-32H,11-12,14-16H2,1-2H3;1-4H/b10-7-,31-22?,32-26?;/t17-,18?,19-,25?,28-;/m0./s1. The number of aromatic nitrogens is 1. The zero-order chi connectivity index (χ0) is 30.0. The summed E-state index contributed by atoms with van der Waals surface area (Å²) in [5, 5.41) is 24.4. The molecule has 2 unspecified atom stereocenters. The fourth-order valence-electron chi connectivity index (χ4n) is 7.21. The van der Waals surface area contributed by atoms with Crippen LogP contribution >= 0.6 is 0 Å². The van der Waals surface area contributed by atoms with Gasteiger partial charge >= 0.3 is 0 Å². The highest BCUT2D eigenvalue weighted by Crippen LogP contribution is 2.61. The van der Waals surface area contributed by atoms with Crippen molar-refractivity contribution in [2.45, 2.75) is 25.7 Å². The second-order valence-corrected chi connectivity index (χ2v) is 11.5. The van der Waals surface area contributed by atoms with E-state index < -0.39 is 0 Å². The Morgan fingerprint density at radius 3 is 2.40 bits per heavy atom. The van der Waals surface area contributed by atoms with Crippen LogP contribution < -0.4 is 0 Å². The number of hydrogen-bond donors (Lipinski definition) is 2. The van der Waals surface area contributed by atoms with E-state index in [9.17, 15) is 13.6 Å². The van der Waals surface area contributed by atoms with Crippen molar-refractivity contribution in [1.29, 1.82) is 16.1 Å². The van der Waals surface area contributed by atoms with E-state index >= 15 is 0 Å². The second kappa shape index (κ2) is 11.8. The number of rotatable bonds is 4. The van der Waals surface area contributed by atoms with Crippen LogP contribution in [0.3, 0.4) is 0 Å². The van der Waals surface area contributed by atoms with Crippen molar-refractivity contribution in [3.8, 4) is 6.07 Å². The highest BCUT2D eigenvalue weighted by Gasteiger charge is 2.59. The predicted molar refractivity (Wildman–Crippen MR) is 157 cm³/mol. The van der Waals surface area contributed by atoms with Gasteiger partial charge in [-0.1, -0.05) is 38.1 Å². The van der Waals surface area contributed by atoms with Crippen molar-refractivity contribution in [2.75, 3.05) is 26.2 Å². The Morgan fingerprint density at radius 1 is 1.05 bits per heavy atom. The molecule has 2 N–H and O–H groups in total. The summed E-state index contributed by atoms with van der Waals surface area (Å²) in [6.07, 6.45) is 10.6. The van der Waals surface area contributed by atoms with Gasteiger partial charge in [0.05, 0.1) is 12.1 Å². The molecule has 1 aromatic heterocycles. The van der Waals surface area contributed by atoms with Gasteiger partial charge in [0.15, 0.2) is 0 Å². The largest absolute Gasteiger partial charge is 0.356 e. The number of nitrogens with zero attached hydrogens (tertiary/aromatic N) is 4. The number of nitriles is 1. The summed E-state index contributed by atoms with van der Waals surface area (Å²) >= 11 is 0. The third-order valence-electron chi connectivity index (χ3n) is 9.22. The summed E-state index contributed by atoms with van der Waals surface area (Å²) in [5.41, 5.74) is 3.47. The maximum Gasteiger partial charge on any atom is 0.227 e. The molecule has 0 radical (unpaired) electrons. The molecule has 7 nitrogen and oxygen atoms in total. The monoisotopic (exact) mass is 568 g/mol. The van der Waals surface area contributed by atoms with Gasteiger partial charge in [-0.25, -0.2) is 8.78 Å². The van der Waals surface area contributed by atoms with Crippen LogP contribution in [0.15, 0.2) is 84.2 Å². The van der Waals surface area contributed by atoms with Crippen molar-refractivity contribution in [2.24, 2.45) is 23.7 Å². The van der Waals surface area contributed by atoms with E-state index in [1.54, 1.807) is 24.3 Å². The molecule has 0 bridgehead atoms. The smallest absolute Gasteiger partial charge is 0.227 e. The van der Waals surface area contributed by atoms with Gasteiger partial charge in [-0.15, -0.1) is 0 Å². The third kappa shape index (κ3) is 5.18. The number of pyridine rings is 1. The van der Waals surface area contributed by atoms with Gasteiger partial charge in [0, 0.05) is 37.8 Å². The van der Waals surface area contributed by atoms with Crippen LogP contribution in [0.25, 0.3) is 0 Å². The lowest BCUT2D eigenvalue weighted by Gasteiger charge is -2.52. The molecule has 42 heavy (non-hydrogen) atoms. The van der Waals surface area contributed by atoms with E-state index in [4.69, 9.17) is 16.1 Å². The van der Waals surface area contributed by atoms with E-state index in [0.29, 0.717) is 38.5 Å². The number of halogens is 2. The van der Waals surface area contributed by atoms with Crippen molar-refractivity contribution in [1.82, 2.24) is 14.8 Å². The number of nitrogens with one attached hydrogen (secondary N) is 2. The average molecular weight is 569 g/mol. The van der Waals surface area contributed by atoms with Gasteiger partial charge in [0.2, 0.25) is 5.91 Å². The summed E-state index contributed by atoms with van der Waals surface area (Å²) in [6.45, 7) is 6.88. The van der Waals surface area contributed by atoms with Crippen LogP contribution in [-0.2, 0) is 10.2 Å². The van der Waals surface area contributed by atoms with E-state index in [0.717, 1.165) is 5.56 Å². The second-order valence-electron chi connectivity index (χ2n) is 11.5. The molecule has 2 saturated heterocycles. The summed E-state index contributed by atoms with van der Waals surface area (Å²) in [4.78, 5) is 21.0. The Kier molecular flexibility index (Phi) is 8.17. The SMILES string of the molecule is CC1C2=C(C=C2)[C@]2(c3ccc(F)cc3)C1CN(C(=O)[C@H]1CCN(C(=N)/C=C\C(=N)C#N)C1)C[C@@H]2C.Fc1cccnc1. The maximum absolute atomic E-state index is 13.8. The van der Waals surface area contributed by atoms with E-state index in [-0.39, 0.29) is 52.3 Å². The number of fused-ring (bicyclic) bond motifs is 2. The number of hydrogen-bond acceptors (Lipinski definition) is 5. The van der Waals surface area contributed by atoms with E-state index in [2.05, 4.69) is 31.0 Å². The molecule has 2 aliphatic carbocycles. The van der Waals surface area contributed by atoms with Gasteiger partial charge in [-0.3, -0.25) is 20.6 Å². The molecule has 2 aromatic rings. The van der Waals surface area contributed by atoms with Crippen molar-refractivity contribution >= 4 is 17.5 Å². The van der Waals surface area contributed by atoms with Gasteiger partial charge in [-0.2, -0.15) is 5.26 Å². The molecule has 1 amide bonds.